The molecule has 2 aliphatic carbocycles. The van der Waals surface area contributed by atoms with Gasteiger partial charge in [-0.25, -0.2) is 0 Å². The largest absolute Gasteiger partial charge is 0.310 e. The molecule has 11 aromatic rings. The maximum atomic E-state index is 2.57. The molecule has 0 unspecified atom stereocenters. The second-order valence-electron chi connectivity index (χ2n) is 25.0. The zero-order chi connectivity index (χ0) is 53.9. The third-order valence-electron chi connectivity index (χ3n) is 17.3. The third kappa shape index (κ3) is 7.98. The Morgan fingerprint density at radius 1 is 0.269 bits per heavy atom. The summed E-state index contributed by atoms with van der Waals surface area (Å²) in [5.41, 5.74) is 24.7. The smallest absolute Gasteiger partial charge is 0.0465 e. The van der Waals surface area contributed by atoms with Gasteiger partial charge in [0.2, 0.25) is 0 Å². The summed E-state index contributed by atoms with van der Waals surface area (Å²) in [5, 5.41) is 5.10. The summed E-state index contributed by atoms with van der Waals surface area (Å²) >= 11 is 0. The molecular weight excluding hydrogens is 941 g/mol. The molecule has 0 fully saturated rings. The van der Waals surface area contributed by atoms with Crippen LogP contribution in [0.2, 0.25) is 0 Å². The fourth-order valence-corrected chi connectivity index (χ4v) is 13.0. The van der Waals surface area contributed by atoms with E-state index in [0.29, 0.717) is 0 Å². The first-order valence-corrected chi connectivity index (χ1v) is 27.9. The number of anilines is 6. The van der Waals surface area contributed by atoms with Crippen LogP contribution in [0.4, 0.5) is 34.1 Å². The van der Waals surface area contributed by atoms with Gasteiger partial charge in [0.15, 0.2) is 0 Å². The standard InChI is InChI=1S/C76H68N2/c1-73(2,3)51-31-35-55(36-32-51)77(53-27-19-13-20-28-53)57-39-41-59-61-45-63-65(47-69(61)75(7,8)67(59)43-57)72(50-25-17-12-18-26-50)66-48-70-62(46-64(66)71(63)49-23-15-11-16-24-49)60-42-40-58(44-68(60)76(70,9)10)78(54-29-21-14-22-30-54)56-37-33-52(34-38-56)74(4,5)6/h11-48H,1-10H3. The van der Waals surface area contributed by atoms with Gasteiger partial charge in [0.1, 0.15) is 0 Å². The molecule has 0 aromatic heterocycles. The van der Waals surface area contributed by atoms with E-state index in [1.165, 1.54) is 99.4 Å². The van der Waals surface area contributed by atoms with Crippen LogP contribution in [0.5, 0.6) is 0 Å². The van der Waals surface area contributed by atoms with Crippen molar-refractivity contribution in [3.63, 3.8) is 0 Å². The van der Waals surface area contributed by atoms with Crippen molar-refractivity contribution in [3.05, 3.63) is 264 Å². The minimum Gasteiger partial charge on any atom is -0.310 e. The first-order valence-electron chi connectivity index (χ1n) is 27.9. The second-order valence-corrected chi connectivity index (χ2v) is 25.0. The molecule has 0 radical (unpaired) electrons. The van der Waals surface area contributed by atoms with Crippen LogP contribution in [0.1, 0.15) is 103 Å². The fourth-order valence-electron chi connectivity index (χ4n) is 13.0. The Kier molecular flexibility index (Phi) is 11.4. The van der Waals surface area contributed by atoms with Crippen LogP contribution in [0, 0.1) is 0 Å². The Hall–Kier alpha value is -8.46. The van der Waals surface area contributed by atoms with Crippen LogP contribution < -0.4 is 9.80 Å². The van der Waals surface area contributed by atoms with Crippen molar-refractivity contribution in [1.82, 2.24) is 0 Å². The lowest BCUT2D eigenvalue weighted by molar-refractivity contribution is 0.590. The van der Waals surface area contributed by atoms with Gasteiger partial charge in [-0.15, -0.1) is 0 Å². The molecule has 0 N–H and O–H groups in total. The third-order valence-corrected chi connectivity index (χ3v) is 17.3. The molecule has 0 bridgehead atoms. The molecule has 0 amide bonds. The van der Waals surface area contributed by atoms with Gasteiger partial charge >= 0.3 is 0 Å². The van der Waals surface area contributed by atoms with E-state index in [4.69, 9.17) is 0 Å². The van der Waals surface area contributed by atoms with E-state index < -0.39 is 0 Å². The number of nitrogens with zero attached hydrogens (tertiary/aromatic N) is 2. The maximum absolute atomic E-state index is 2.57. The Labute approximate surface area is 462 Å². The van der Waals surface area contributed by atoms with Gasteiger partial charge in [-0.2, -0.15) is 0 Å². The first-order chi connectivity index (χ1) is 37.5. The van der Waals surface area contributed by atoms with Crippen LogP contribution in [0.3, 0.4) is 0 Å². The van der Waals surface area contributed by atoms with Crippen molar-refractivity contribution in [2.24, 2.45) is 0 Å². The number of rotatable bonds is 8. The number of benzene rings is 11. The maximum Gasteiger partial charge on any atom is 0.0465 e. The van der Waals surface area contributed by atoms with E-state index in [9.17, 15) is 0 Å². The molecule has 0 aliphatic heterocycles. The lowest BCUT2D eigenvalue weighted by Gasteiger charge is -2.29. The normalized spacial score (nSPS) is 14.0. The van der Waals surface area contributed by atoms with E-state index in [-0.39, 0.29) is 21.7 Å². The Bertz CT molecular complexity index is 3870. The summed E-state index contributed by atoms with van der Waals surface area (Å²) < 4.78 is 0. The lowest BCUT2D eigenvalue weighted by Crippen LogP contribution is -2.17. The number of para-hydroxylation sites is 2. The van der Waals surface area contributed by atoms with E-state index in [1.807, 2.05) is 0 Å². The Morgan fingerprint density at radius 2 is 0.551 bits per heavy atom. The summed E-state index contributed by atoms with van der Waals surface area (Å²) in [7, 11) is 0. The summed E-state index contributed by atoms with van der Waals surface area (Å²) in [5.74, 6) is 0. The molecule has 382 valence electrons. The molecule has 78 heavy (non-hydrogen) atoms. The molecule has 0 heterocycles. The average molecular weight is 1010 g/mol. The van der Waals surface area contributed by atoms with E-state index in [0.717, 1.165) is 34.1 Å². The van der Waals surface area contributed by atoms with Gasteiger partial charge in [-0.05, 0) is 207 Å². The minimum atomic E-state index is -0.287. The van der Waals surface area contributed by atoms with E-state index in [2.05, 4.69) is 310 Å². The first kappa shape index (κ1) is 49.1. The van der Waals surface area contributed by atoms with Crippen molar-refractivity contribution >= 4 is 55.7 Å². The molecule has 0 atom stereocenters. The fraction of sp³-hybridized carbons (Fsp3) is 0.184. The predicted octanol–water partition coefficient (Wildman–Crippen LogP) is 21.5. The van der Waals surface area contributed by atoms with Gasteiger partial charge in [0, 0.05) is 45.0 Å². The van der Waals surface area contributed by atoms with Crippen LogP contribution in [-0.2, 0) is 21.7 Å². The monoisotopic (exact) mass is 1010 g/mol. The number of fused-ring (bicyclic) bond motifs is 8. The van der Waals surface area contributed by atoms with Crippen LogP contribution in [0.15, 0.2) is 231 Å². The molecular formula is C76H68N2. The molecule has 13 rings (SSSR count). The highest BCUT2D eigenvalue weighted by atomic mass is 15.1. The summed E-state index contributed by atoms with van der Waals surface area (Å²) in [6.07, 6.45) is 0. The summed E-state index contributed by atoms with van der Waals surface area (Å²) in [6, 6.07) is 86.9. The van der Waals surface area contributed by atoms with Gasteiger partial charge < -0.3 is 9.80 Å². The zero-order valence-electron chi connectivity index (χ0n) is 46.8. The number of hydrogen-bond acceptors (Lipinski definition) is 2. The molecule has 0 spiro atoms. The molecule has 11 aromatic carbocycles. The van der Waals surface area contributed by atoms with E-state index in [1.54, 1.807) is 0 Å². The number of hydrogen-bond donors (Lipinski definition) is 0. The lowest BCUT2D eigenvalue weighted by atomic mass is 9.78. The Morgan fingerprint density at radius 3 is 0.885 bits per heavy atom. The Balaban J connectivity index is 1.02. The molecule has 0 saturated heterocycles. The highest BCUT2D eigenvalue weighted by molar-refractivity contribution is 6.23. The van der Waals surface area contributed by atoms with Gasteiger partial charge in [-0.1, -0.05) is 203 Å². The van der Waals surface area contributed by atoms with Crippen molar-refractivity contribution < 1.29 is 0 Å². The van der Waals surface area contributed by atoms with Gasteiger partial charge in [0.25, 0.3) is 0 Å². The molecule has 2 heteroatoms. The van der Waals surface area contributed by atoms with E-state index >= 15 is 0 Å². The van der Waals surface area contributed by atoms with Crippen molar-refractivity contribution in [1.29, 1.82) is 0 Å². The topological polar surface area (TPSA) is 6.48 Å². The van der Waals surface area contributed by atoms with Gasteiger partial charge in [0.05, 0.1) is 0 Å². The highest BCUT2D eigenvalue weighted by Gasteiger charge is 2.40. The molecule has 2 nitrogen and oxygen atoms in total. The highest BCUT2D eigenvalue weighted by Crippen LogP contribution is 2.58. The van der Waals surface area contributed by atoms with Crippen LogP contribution in [-0.4, -0.2) is 0 Å². The quantitative estimate of drug-likeness (QED) is 0.140. The molecule has 0 saturated carbocycles. The van der Waals surface area contributed by atoms with Crippen LogP contribution in [0.25, 0.3) is 66.1 Å². The second kappa shape index (κ2) is 18.1. The molecule has 2 aliphatic rings. The van der Waals surface area contributed by atoms with Crippen molar-refractivity contribution in [2.45, 2.75) is 90.9 Å². The summed E-state index contributed by atoms with van der Waals surface area (Å²) in [4.78, 5) is 4.83. The summed E-state index contributed by atoms with van der Waals surface area (Å²) in [6.45, 7) is 23.4. The van der Waals surface area contributed by atoms with Gasteiger partial charge in [-0.3, -0.25) is 0 Å². The van der Waals surface area contributed by atoms with Crippen molar-refractivity contribution in [2.75, 3.05) is 9.80 Å². The van der Waals surface area contributed by atoms with Crippen LogP contribution >= 0.6 is 0 Å². The minimum absolute atomic E-state index is 0.0641. The van der Waals surface area contributed by atoms with Crippen molar-refractivity contribution in [3.8, 4) is 44.5 Å². The predicted molar refractivity (Wildman–Crippen MR) is 334 cm³/mol. The average Bonchev–Trinajstić information content (AvgIpc) is 3.89. The SMILES string of the molecule is CC(C)(C)c1ccc(N(c2ccccc2)c2ccc3c(c2)C(C)(C)c2cc4c(-c5ccccc5)c5cc6c(cc5c(-c5ccccc5)c4cc2-3)-c2ccc(N(c3ccccc3)c3ccc(C(C)(C)C)cc3)cc2C6(C)C)cc1. The zero-order valence-corrected chi connectivity index (χ0v) is 46.8.